The molecular formula is C13H12N4OS. The second kappa shape index (κ2) is 6.61. The average molecular weight is 272 g/mol. The second-order valence-corrected chi connectivity index (χ2v) is 4.41. The molecule has 0 unspecified atom stereocenters. The Kier molecular flexibility index (Phi) is 4.59. The summed E-state index contributed by atoms with van der Waals surface area (Å²) >= 11 is 1.41. The minimum atomic E-state index is 0.538. The highest BCUT2D eigenvalue weighted by molar-refractivity contribution is 7.99. The third-order valence-corrected chi connectivity index (χ3v) is 3.07. The lowest BCUT2D eigenvalue weighted by Gasteiger charge is -1.99. The zero-order valence-corrected chi connectivity index (χ0v) is 11.2. The predicted octanol–water partition coefficient (Wildman–Crippen LogP) is 1.89. The molecule has 2 rings (SSSR count). The first-order chi connectivity index (χ1) is 9.33. The van der Waals surface area contributed by atoms with Crippen molar-refractivity contribution < 1.29 is 4.74 Å². The van der Waals surface area contributed by atoms with E-state index in [2.05, 4.69) is 21.2 Å². The normalized spacial score (nSPS) is 10.5. The summed E-state index contributed by atoms with van der Waals surface area (Å²) < 4.78 is 6.68. The van der Waals surface area contributed by atoms with Gasteiger partial charge in [-0.3, -0.25) is 0 Å². The van der Waals surface area contributed by atoms with Gasteiger partial charge in [0.2, 0.25) is 5.16 Å². The number of thioether (sulfide) groups is 1. The lowest BCUT2D eigenvalue weighted by molar-refractivity contribution is 0.415. The zero-order chi connectivity index (χ0) is 13.5. The van der Waals surface area contributed by atoms with Crippen LogP contribution in [0, 0.1) is 12.3 Å². The summed E-state index contributed by atoms with van der Waals surface area (Å²) in [5.41, 5.74) is 0.961. The Morgan fingerprint density at radius 1 is 1.47 bits per heavy atom. The van der Waals surface area contributed by atoms with Gasteiger partial charge in [0.1, 0.15) is 12.1 Å². The van der Waals surface area contributed by atoms with E-state index in [4.69, 9.17) is 11.2 Å². The molecule has 1 heterocycles. The summed E-state index contributed by atoms with van der Waals surface area (Å²) in [4.78, 5) is 0. The van der Waals surface area contributed by atoms with E-state index in [1.165, 1.54) is 11.8 Å². The van der Waals surface area contributed by atoms with Crippen molar-refractivity contribution in [1.82, 2.24) is 14.9 Å². The van der Waals surface area contributed by atoms with Gasteiger partial charge in [-0.1, -0.05) is 17.7 Å². The average Bonchev–Trinajstić information content (AvgIpc) is 2.91. The molecule has 19 heavy (non-hydrogen) atoms. The van der Waals surface area contributed by atoms with Gasteiger partial charge in [0.15, 0.2) is 0 Å². The number of hydrogen-bond acceptors (Lipinski definition) is 5. The van der Waals surface area contributed by atoms with Crippen LogP contribution in [0.5, 0.6) is 5.75 Å². The maximum atomic E-state index is 5.21. The van der Waals surface area contributed by atoms with E-state index in [-0.39, 0.29) is 0 Å². The molecule has 2 aromatic rings. The van der Waals surface area contributed by atoms with E-state index in [0.717, 1.165) is 11.3 Å². The fourth-order valence-electron chi connectivity index (χ4n) is 1.32. The zero-order valence-electron chi connectivity index (χ0n) is 10.4. The third kappa shape index (κ3) is 3.60. The van der Waals surface area contributed by atoms with Crippen molar-refractivity contribution in [3.8, 4) is 18.1 Å². The Morgan fingerprint density at radius 3 is 2.95 bits per heavy atom. The smallest absolute Gasteiger partial charge is 0.212 e. The second-order valence-electron chi connectivity index (χ2n) is 3.47. The van der Waals surface area contributed by atoms with Gasteiger partial charge in [-0.25, -0.2) is 0 Å². The Bertz CT molecular complexity index is 598. The number of ether oxygens (including phenoxy) is 1. The highest BCUT2D eigenvalue weighted by Gasteiger charge is 2.01. The van der Waals surface area contributed by atoms with Crippen LogP contribution in [0.25, 0.3) is 0 Å². The van der Waals surface area contributed by atoms with Crippen molar-refractivity contribution in [2.24, 2.45) is 5.10 Å². The number of rotatable bonds is 5. The van der Waals surface area contributed by atoms with Gasteiger partial charge < -0.3 is 4.74 Å². The molecule has 0 aliphatic heterocycles. The molecule has 0 bridgehead atoms. The highest BCUT2D eigenvalue weighted by atomic mass is 32.2. The first-order valence-electron chi connectivity index (χ1n) is 5.48. The summed E-state index contributed by atoms with van der Waals surface area (Å²) in [6.07, 6.45) is 8.47. The van der Waals surface area contributed by atoms with Crippen LogP contribution < -0.4 is 4.74 Å². The van der Waals surface area contributed by atoms with Crippen LogP contribution in [-0.4, -0.2) is 34.0 Å². The first kappa shape index (κ1) is 13.2. The van der Waals surface area contributed by atoms with E-state index in [1.807, 2.05) is 24.3 Å². The molecule has 1 aromatic carbocycles. The number of hydrogen-bond donors (Lipinski definition) is 0. The van der Waals surface area contributed by atoms with Gasteiger partial charge in [-0.05, 0) is 29.8 Å². The molecule has 6 heteroatoms. The standard InChI is InChI=1S/C13H12N4OS/c1-3-8-19-13-16-14-10-17(13)15-9-11-4-6-12(18-2)7-5-11/h1,4-7,9-10H,8H2,2H3/b15-9-. The molecule has 0 fully saturated rings. The quantitative estimate of drug-likeness (QED) is 0.474. The van der Waals surface area contributed by atoms with E-state index in [0.29, 0.717) is 10.9 Å². The number of aromatic nitrogens is 3. The molecule has 5 nitrogen and oxygen atoms in total. The molecule has 0 N–H and O–H groups in total. The van der Waals surface area contributed by atoms with Crippen LogP contribution in [0.4, 0.5) is 0 Å². The summed E-state index contributed by atoms with van der Waals surface area (Å²) in [6, 6.07) is 7.59. The maximum absolute atomic E-state index is 5.21. The van der Waals surface area contributed by atoms with Crippen LogP contribution in [0.3, 0.4) is 0 Å². The summed E-state index contributed by atoms with van der Waals surface area (Å²) in [7, 11) is 1.63. The van der Waals surface area contributed by atoms with Crippen molar-refractivity contribution in [1.29, 1.82) is 0 Å². The van der Waals surface area contributed by atoms with Crippen molar-refractivity contribution in [2.45, 2.75) is 5.16 Å². The Morgan fingerprint density at radius 2 is 2.26 bits per heavy atom. The molecule has 0 saturated heterocycles. The fraction of sp³-hybridized carbons (Fsp3) is 0.154. The third-order valence-electron chi connectivity index (χ3n) is 2.23. The lowest BCUT2D eigenvalue weighted by atomic mass is 10.2. The molecule has 0 spiro atoms. The Hall–Kier alpha value is -2.26. The van der Waals surface area contributed by atoms with Crippen LogP contribution >= 0.6 is 11.8 Å². The summed E-state index contributed by atoms with van der Waals surface area (Å²) in [6.45, 7) is 0. The molecule has 0 amide bonds. The van der Waals surface area contributed by atoms with Gasteiger partial charge in [0.25, 0.3) is 0 Å². The van der Waals surface area contributed by atoms with Crippen LogP contribution in [0.1, 0.15) is 5.56 Å². The fourth-order valence-corrected chi connectivity index (χ4v) is 1.86. The Balaban J connectivity index is 2.09. The van der Waals surface area contributed by atoms with Gasteiger partial charge in [-0.15, -0.1) is 16.6 Å². The highest BCUT2D eigenvalue weighted by Crippen LogP contribution is 2.14. The molecule has 0 atom stereocenters. The van der Waals surface area contributed by atoms with Gasteiger partial charge >= 0.3 is 0 Å². The SMILES string of the molecule is C#CCSc1nncn1/N=C\c1ccc(OC)cc1. The minimum absolute atomic E-state index is 0.538. The van der Waals surface area contributed by atoms with Crippen molar-refractivity contribution in [2.75, 3.05) is 12.9 Å². The van der Waals surface area contributed by atoms with Gasteiger partial charge in [0, 0.05) is 0 Å². The predicted molar refractivity (Wildman–Crippen MR) is 75.6 cm³/mol. The van der Waals surface area contributed by atoms with Gasteiger partial charge in [-0.2, -0.15) is 9.78 Å². The van der Waals surface area contributed by atoms with E-state index in [9.17, 15) is 0 Å². The molecule has 0 radical (unpaired) electrons. The molecule has 0 aliphatic rings. The number of nitrogens with zero attached hydrogens (tertiary/aromatic N) is 4. The largest absolute Gasteiger partial charge is 0.497 e. The van der Waals surface area contributed by atoms with E-state index >= 15 is 0 Å². The van der Waals surface area contributed by atoms with Crippen molar-refractivity contribution >= 4 is 18.0 Å². The molecule has 0 saturated carbocycles. The number of methoxy groups -OCH3 is 1. The summed E-state index contributed by atoms with van der Waals surface area (Å²) in [5, 5.41) is 12.7. The number of benzene rings is 1. The molecular weight excluding hydrogens is 260 g/mol. The van der Waals surface area contributed by atoms with Crippen molar-refractivity contribution in [3.05, 3.63) is 36.2 Å². The van der Waals surface area contributed by atoms with E-state index < -0.39 is 0 Å². The van der Waals surface area contributed by atoms with Crippen LogP contribution in [0.15, 0.2) is 40.9 Å². The topological polar surface area (TPSA) is 52.3 Å². The maximum Gasteiger partial charge on any atom is 0.212 e. The minimum Gasteiger partial charge on any atom is -0.497 e. The van der Waals surface area contributed by atoms with E-state index in [1.54, 1.807) is 24.3 Å². The summed E-state index contributed by atoms with van der Waals surface area (Å²) in [5.74, 6) is 3.89. The Labute approximate surface area is 115 Å². The molecule has 1 aromatic heterocycles. The van der Waals surface area contributed by atoms with Gasteiger partial charge in [0.05, 0.1) is 19.1 Å². The molecule has 0 aliphatic carbocycles. The number of terminal acetylenes is 1. The first-order valence-corrected chi connectivity index (χ1v) is 6.46. The van der Waals surface area contributed by atoms with Crippen LogP contribution in [-0.2, 0) is 0 Å². The van der Waals surface area contributed by atoms with Crippen molar-refractivity contribution in [3.63, 3.8) is 0 Å². The lowest BCUT2D eigenvalue weighted by Crippen LogP contribution is -1.92. The van der Waals surface area contributed by atoms with Crippen LogP contribution in [0.2, 0.25) is 0 Å². The molecule has 96 valence electrons. The monoisotopic (exact) mass is 272 g/mol.